The van der Waals surface area contributed by atoms with Gasteiger partial charge in [0, 0.05) is 12.0 Å². The quantitative estimate of drug-likeness (QED) is 0.776. The molecule has 2 aliphatic rings. The van der Waals surface area contributed by atoms with Crippen LogP contribution in [-0.2, 0) is 6.42 Å². The third-order valence-electron chi connectivity index (χ3n) is 4.25. The van der Waals surface area contributed by atoms with Gasteiger partial charge in [0.1, 0.15) is 5.75 Å². The fourth-order valence-electron chi connectivity index (χ4n) is 3.19. The summed E-state index contributed by atoms with van der Waals surface area (Å²) < 4.78 is 5.66. The Morgan fingerprint density at radius 2 is 2.12 bits per heavy atom. The second-order valence-electron chi connectivity index (χ2n) is 5.13. The third-order valence-corrected chi connectivity index (χ3v) is 4.25. The lowest BCUT2D eigenvalue weighted by atomic mass is 9.86. The Morgan fingerprint density at radius 1 is 1.29 bits per heavy atom. The van der Waals surface area contributed by atoms with E-state index >= 15 is 0 Å². The Kier molecular flexibility index (Phi) is 3.06. The van der Waals surface area contributed by atoms with Gasteiger partial charge in [0.15, 0.2) is 0 Å². The molecule has 1 saturated heterocycles. The fourth-order valence-corrected chi connectivity index (χ4v) is 3.19. The number of hydrogen-bond acceptors (Lipinski definition) is 2. The molecule has 0 bridgehead atoms. The zero-order valence-electron chi connectivity index (χ0n) is 10.6. The van der Waals surface area contributed by atoms with Crippen molar-refractivity contribution in [2.45, 2.75) is 32.1 Å². The van der Waals surface area contributed by atoms with Crippen molar-refractivity contribution in [3.8, 4) is 5.75 Å². The van der Waals surface area contributed by atoms with E-state index in [1.54, 1.807) is 5.56 Å². The molecule has 0 atom stereocenters. The Bertz CT molecular complexity index is 394. The minimum absolute atomic E-state index is 0.759. The normalized spacial score (nSPS) is 21.2. The molecule has 2 aliphatic heterocycles. The number of likely N-dealkylation sites (tertiary alicyclic amines) is 1. The lowest BCUT2D eigenvalue weighted by molar-refractivity contribution is 0.222. The highest BCUT2D eigenvalue weighted by Gasteiger charge is 2.24. The van der Waals surface area contributed by atoms with Gasteiger partial charge in [0.2, 0.25) is 0 Å². The molecule has 0 saturated carbocycles. The number of rotatable bonds is 2. The molecular weight excluding hydrogens is 210 g/mol. The summed E-state index contributed by atoms with van der Waals surface area (Å²) in [5.41, 5.74) is 3.05. The second kappa shape index (κ2) is 4.69. The molecule has 0 unspecified atom stereocenters. The Hall–Kier alpha value is -1.02. The molecule has 1 aromatic rings. The molecule has 0 aromatic heterocycles. The van der Waals surface area contributed by atoms with Crippen molar-refractivity contribution in [3.63, 3.8) is 0 Å². The van der Waals surface area contributed by atoms with E-state index in [0.29, 0.717) is 0 Å². The molecule has 0 N–H and O–H groups in total. The minimum Gasteiger partial charge on any atom is -0.493 e. The highest BCUT2D eigenvalue weighted by Crippen LogP contribution is 2.36. The van der Waals surface area contributed by atoms with Crippen LogP contribution in [0.3, 0.4) is 0 Å². The Morgan fingerprint density at radius 3 is 2.88 bits per heavy atom. The molecule has 2 nitrogen and oxygen atoms in total. The first-order valence-corrected chi connectivity index (χ1v) is 6.85. The second-order valence-corrected chi connectivity index (χ2v) is 5.13. The van der Waals surface area contributed by atoms with Crippen molar-refractivity contribution in [2.24, 2.45) is 0 Å². The van der Waals surface area contributed by atoms with Crippen LogP contribution in [-0.4, -0.2) is 31.1 Å². The van der Waals surface area contributed by atoms with Crippen molar-refractivity contribution in [2.75, 3.05) is 26.2 Å². The van der Waals surface area contributed by atoms with Gasteiger partial charge in [-0.2, -0.15) is 0 Å². The van der Waals surface area contributed by atoms with E-state index < -0.39 is 0 Å². The average molecular weight is 231 g/mol. The average Bonchev–Trinajstić information content (AvgIpc) is 2.87. The van der Waals surface area contributed by atoms with Crippen LogP contribution in [0, 0.1) is 0 Å². The van der Waals surface area contributed by atoms with E-state index in [4.69, 9.17) is 4.74 Å². The smallest absolute Gasteiger partial charge is 0.122 e. The number of hydrogen-bond donors (Lipinski definition) is 0. The van der Waals surface area contributed by atoms with Crippen molar-refractivity contribution < 1.29 is 4.74 Å². The van der Waals surface area contributed by atoms with Crippen molar-refractivity contribution in [1.29, 1.82) is 0 Å². The maximum atomic E-state index is 5.66. The highest BCUT2D eigenvalue weighted by atomic mass is 16.5. The molecule has 1 fully saturated rings. The molecular formula is C15H21NO. The predicted molar refractivity (Wildman–Crippen MR) is 69.7 cm³/mol. The van der Waals surface area contributed by atoms with E-state index in [1.807, 2.05) is 0 Å². The summed E-state index contributed by atoms with van der Waals surface area (Å²) in [7, 11) is 0. The van der Waals surface area contributed by atoms with E-state index in [9.17, 15) is 0 Å². The molecule has 2 heterocycles. The van der Waals surface area contributed by atoms with Gasteiger partial charge in [-0.25, -0.2) is 0 Å². The van der Waals surface area contributed by atoms with Gasteiger partial charge in [-0.15, -0.1) is 0 Å². The number of ether oxygens (including phenoxy) is 1. The van der Waals surface area contributed by atoms with E-state index in [0.717, 1.165) is 24.7 Å². The monoisotopic (exact) mass is 231 g/mol. The molecule has 1 aromatic carbocycles. The predicted octanol–water partition coefficient (Wildman–Crippen LogP) is 2.82. The highest BCUT2D eigenvalue weighted by molar-refractivity contribution is 5.44. The van der Waals surface area contributed by atoms with Gasteiger partial charge < -0.3 is 9.64 Å². The zero-order chi connectivity index (χ0) is 11.7. The van der Waals surface area contributed by atoms with E-state index in [2.05, 4.69) is 30.0 Å². The fraction of sp³-hybridized carbons (Fsp3) is 0.600. The van der Waals surface area contributed by atoms with Crippen molar-refractivity contribution in [3.05, 3.63) is 29.3 Å². The van der Waals surface area contributed by atoms with Crippen LogP contribution in [0.1, 0.15) is 36.8 Å². The van der Waals surface area contributed by atoms with Gasteiger partial charge in [0.05, 0.1) is 6.61 Å². The first-order valence-electron chi connectivity index (χ1n) is 6.85. The standard InChI is InChI=1S/C15H21NO/c1-2-16-9-6-12(7-10-16)13-4-3-5-15-14(13)8-11-17-15/h3-5,12H,2,6-11H2,1H3. The van der Waals surface area contributed by atoms with Crippen LogP contribution in [0.15, 0.2) is 18.2 Å². The van der Waals surface area contributed by atoms with Gasteiger partial charge in [-0.05, 0) is 50.0 Å². The maximum Gasteiger partial charge on any atom is 0.122 e. The van der Waals surface area contributed by atoms with E-state index in [-0.39, 0.29) is 0 Å². The summed E-state index contributed by atoms with van der Waals surface area (Å²) in [6.07, 6.45) is 3.73. The topological polar surface area (TPSA) is 12.5 Å². The number of fused-ring (bicyclic) bond motifs is 1. The summed E-state index contributed by atoms with van der Waals surface area (Å²) >= 11 is 0. The third kappa shape index (κ3) is 2.06. The number of nitrogens with zero attached hydrogens (tertiary/aromatic N) is 1. The minimum atomic E-state index is 0.759. The maximum absolute atomic E-state index is 5.66. The molecule has 2 heteroatoms. The van der Waals surface area contributed by atoms with Gasteiger partial charge in [0.25, 0.3) is 0 Å². The summed E-state index contributed by atoms with van der Waals surface area (Å²) in [4.78, 5) is 2.55. The van der Waals surface area contributed by atoms with Crippen molar-refractivity contribution >= 4 is 0 Å². The van der Waals surface area contributed by atoms with Crippen LogP contribution in [0.25, 0.3) is 0 Å². The summed E-state index contributed by atoms with van der Waals surface area (Å²) in [5, 5.41) is 0. The number of benzene rings is 1. The largest absolute Gasteiger partial charge is 0.493 e. The van der Waals surface area contributed by atoms with Crippen LogP contribution in [0.5, 0.6) is 5.75 Å². The van der Waals surface area contributed by atoms with E-state index in [1.165, 1.54) is 38.0 Å². The number of piperidine rings is 1. The lowest BCUT2D eigenvalue weighted by Gasteiger charge is -2.32. The summed E-state index contributed by atoms with van der Waals surface area (Å²) in [5.74, 6) is 1.90. The molecule has 92 valence electrons. The molecule has 17 heavy (non-hydrogen) atoms. The Balaban J connectivity index is 1.79. The SMILES string of the molecule is CCN1CCC(c2cccc3c2CCO3)CC1. The summed E-state index contributed by atoms with van der Waals surface area (Å²) in [6.45, 7) is 6.84. The zero-order valence-corrected chi connectivity index (χ0v) is 10.6. The van der Waals surface area contributed by atoms with Gasteiger partial charge in [-0.1, -0.05) is 19.1 Å². The van der Waals surface area contributed by atoms with Crippen LogP contribution in [0.2, 0.25) is 0 Å². The van der Waals surface area contributed by atoms with Crippen LogP contribution < -0.4 is 4.74 Å². The molecule has 0 radical (unpaired) electrons. The van der Waals surface area contributed by atoms with Crippen molar-refractivity contribution in [1.82, 2.24) is 4.90 Å². The first-order chi connectivity index (χ1) is 8.38. The van der Waals surface area contributed by atoms with Gasteiger partial charge >= 0.3 is 0 Å². The van der Waals surface area contributed by atoms with Crippen LogP contribution >= 0.6 is 0 Å². The lowest BCUT2D eigenvalue weighted by Crippen LogP contribution is -2.32. The molecule has 0 aliphatic carbocycles. The molecule has 0 spiro atoms. The van der Waals surface area contributed by atoms with Gasteiger partial charge in [-0.3, -0.25) is 0 Å². The molecule has 0 amide bonds. The first kappa shape index (κ1) is 11.1. The Labute approximate surface area is 104 Å². The summed E-state index contributed by atoms with van der Waals surface area (Å²) in [6, 6.07) is 6.60. The van der Waals surface area contributed by atoms with Crippen LogP contribution in [0.4, 0.5) is 0 Å². The molecule has 3 rings (SSSR count).